The third-order valence-corrected chi connectivity index (χ3v) is 5.31. The molecule has 1 aromatic heterocycles. The average molecular weight is 448 g/mol. The number of fused-ring (bicyclic) bond motifs is 1. The smallest absolute Gasteiger partial charge is 0.281 e. The summed E-state index contributed by atoms with van der Waals surface area (Å²) >= 11 is 13.4. The van der Waals surface area contributed by atoms with Crippen molar-refractivity contribution in [3.05, 3.63) is 67.0 Å². The minimum absolute atomic E-state index is 0.0290. The number of non-ortho nitro benzene ring substituents is 1. The van der Waals surface area contributed by atoms with Gasteiger partial charge in [0.05, 0.1) is 26.1 Å². The minimum Gasteiger partial charge on any atom is -0.478 e. The molecule has 0 bridgehead atoms. The molecule has 0 atom stereocenters. The second-order valence-electron chi connectivity index (χ2n) is 5.60. The largest absolute Gasteiger partial charge is 0.478 e. The summed E-state index contributed by atoms with van der Waals surface area (Å²) in [5.74, 6) is 2.14. The van der Waals surface area contributed by atoms with Gasteiger partial charge in [-0.15, -0.1) is 17.8 Å². The molecule has 10 heteroatoms. The van der Waals surface area contributed by atoms with Gasteiger partial charge in [0, 0.05) is 22.2 Å². The van der Waals surface area contributed by atoms with Crippen molar-refractivity contribution in [2.75, 3.05) is 6.61 Å². The van der Waals surface area contributed by atoms with E-state index in [1.807, 2.05) is 0 Å². The predicted molar refractivity (Wildman–Crippen MR) is 114 cm³/mol. The van der Waals surface area contributed by atoms with Crippen molar-refractivity contribution in [1.82, 2.24) is 5.43 Å². The average Bonchev–Trinajstić information content (AvgIpc) is 3.10. The maximum atomic E-state index is 12.3. The molecule has 0 fully saturated rings. The number of nitro groups is 1. The summed E-state index contributed by atoms with van der Waals surface area (Å²) in [6.45, 7) is 0.0290. The number of thiophene rings is 1. The van der Waals surface area contributed by atoms with Crippen LogP contribution in [-0.4, -0.2) is 23.7 Å². The Balaban J connectivity index is 1.72. The minimum atomic E-state index is -0.486. The Morgan fingerprint density at radius 2 is 2.03 bits per heavy atom. The summed E-state index contributed by atoms with van der Waals surface area (Å²) in [5.41, 5.74) is 2.90. The molecule has 0 spiro atoms. The topological polar surface area (TPSA) is 93.8 Å². The first-order valence-corrected chi connectivity index (χ1v) is 9.53. The molecule has 29 heavy (non-hydrogen) atoms. The molecular formula is C19H11Cl2N3O4S. The number of nitrogens with zero attached hydrogens (tertiary/aromatic N) is 2. The Labute approximate surface area is 179 Å². The van der Waals surface area contributed by atoms with E-state index >= 15 is 0 Å². The zero-order valence-electron chi connectivity index (χ0n) is 14.5. The third kappa shape index (κ3) is 4.84. The summed E-state index contributed by atoms with van der Waals surface area (Å²) in [6, 6.07) is 9.11. The van der Waals surface area contributed by atoms with Crippen LogP contribution >= 0.6 is 34.5 Å². The number of carbonyl (C=O) groups excluding carboxylic acids is 1. The lowest BCUT2D eigenvalue weighted by Gasteiger charge is -2.08. The van der Waals surface area contributed by atoms with Crippen LogP contribution in [0.25, 0.3) is 10.1 Å². The highest BCUT2D eigenvalue weighted by atomic mass is 35.5. The van der Waals surface area contributed by atoms with Crippen molar-refractivity contribution in [2.45, 2.75) is 0 Å². The number of terminal acetylenes is 1. The van der Waals surface area contributed by atoms with E-state index in [2.05, 4.69) is 16.4 Å². The van der Waals surface area contributed by atoms with E-state index in [1.54, 1.807) is 24.3 Å². The monoisotopic (exact) mass is 447 g/mol. The zero-order chi connectivity index (χ0) is 21.0. The Morgan fingerprint density at radius 3 is 2.69 bits per heavy atom. The van der Waals surface area contributed by atoms with Gasteiger partial charge in [-0.3, -0.25) is 14.9 Å². The number of hydrogen-bond acceptors (Lipinski definition) is 6. The van der Waals surface area contributed by atoms with Crippen LogP contribution < -0.4 is 10.2 Å². The molecule has 7 nitrogen and oxygen atoms in total. The second kappa shape index (κ2) is 8.92. The summed E-state index contributed by atoms with van der Waals surface area (Å²) in [4.78, 5) is 23.0. The van der Waals surface area contributed by atoms with E-state index in [9.17, 15) is 14.9 Å². The normalized spacial score (nSPS) is 10.8. The highest BCUT2D eigenvalue weighted by Gasteiger charge is 2.13. The van der Waals surface area contributed by atoms with Crippen molar-refractivity contribution in [3.8, 4) is 18.1 Å². The molecule has 0 aliphatic carbocycles. The fourth-order valence-electron chi connectivity index (χ4n) is 2.38. The molecule has 3 rings (SSSR count). The van der Waals surface area contributed by atoms with Crippen molar-refractivity contribution in [1.29, 1.82) is 0 Å². The highest BCUT2D eigenvalue weighted by Crippen LogP contribution is 2.34. The van der Waals surface area contributed by atoms with Gasteiger partial charge in [0.25, 0.3) is 11.6 Å². The predicted octanol–water partition coefficient (Wildman–Crippen LogP) is 4.89. The van der Waals surface area contributed by atoms with Crippen LogP contribution in [0, 0.1) is 22.5 Å². The maximum absolute atomic E-state index is 12.3. The Hall–Kier alpha value is -3.12. The van der Waals surface area contributed by atoms with Crippen LogP contribution in [-0.2, 0) is 0 Å². The van der Waals surface area contributed by atoms with Crippen molar-refractivity contribution < 1.29 is 14.5 Å². The van der Waals surface area contributed by atoms with Crippen molar-refractivity contribution in [2.24, 2.45) is 5.10 Å². The van der Waals surface area contributed by atoms with Gasteiger partial charge >= 0.3 is 0 Å². The summed E-state index contributed by atoms with van der Waals surface area (Å²) < 4.78 is 6.02. The molecule has 0 radical (unpaired) electrons. The van der Waals surface area contributed by atoms with E-state index in [0.29, 0.717) is 15.8 Å². The summed E-state index contributed by atoms with van der Waals surface area (Å²) in [7, 11) is 0. The molecule has 3 aromatic rings. The van der Waals surface area contributed by atoms with E-state index in [-0.39, 0.29) is 28.1 Å². The lowest BCUT2D eigenvalue weighted by atomic mass is 10.2. The summed E-state index contributed by atoms with van der Waals surface area (Å²) in [5, 5.41) is 15.9. The van der Waals surface area contributed by atoms with E-state index in [0.717, 1.165) is 4.70 Å². The lowest BCUT2D eigenvalue weighted by Crippen LogP contribution is -2.16. The number of halogens is 2. The van der Waals surface area contributed by atoms with Crippen LogP contribution in [0.5, 0.6) is 5.75 Å². The van der Waals surface area contributed by atoms with Crippen LogP contribution in [0.3, 0.4) is 0 Å². The van der Waals surface area contributed by atoms with E-state index < -0.39 is 10.8 Å². The molecule has 0 aliphatic rings. The molecule has 2 aromatic carbocycles. The van der Waals surface area contributed by atoms with Gasteiger partial charge in [-0.2, -0.15) is 5.10 Å². The number of carbonyl (C=O) groups is 1. The van der Waals surface area contributed by atoms with Crippen LogP contribution in [0.15, 0.2) is 41.5 Å². The number of ether oxygens (including phenoxy) is 1. The van der Waals surface area contributed by atoms with E-state index in [1.165, 1.54) is 29.7 Å². The number of hydrogen-bond donors (Lipinski definition) is 1. The molecule has 0 aliphatic heterocycles. The number of benzene rings is 2. The maximum Gasteiger partial charge on any atom is 0.281 e. The molecule has 1 amide bonds. The second-order valence-corrected chi connectivity index (χ2v) is 7.49. The Kier molecular flexibility index (Phi) is 6.34. The summed E-state index contributed by atoms with van der Waals surface area (Å²) in [6.07, 6.45) is 6.52. The number of nitro benzene ring substituents is 1. The Bertz CT molecular complexity index is 1160. The standard InChI is InChI=1S/C19H11Cl2N3O4S/c1-2-5-28-18-14(20)6-11(7-15(18)21)10-22-23-19(25)17-9-12-8-13(24(26)27)3-4-16(12)29-17/h1,3-4,6-10H,5H2,(H,23,25). The fourth-order valence-corrected chi connectivity index (χ4v) is 3.93. The zero-order valence-corrected chi connectivity index (χ0v) is 16.8. The highest BCUT2D eigenvalue weighted by molar-refractivity contribution is 7.20. The third-order valence-electron chi connectivity index (χ3n) is 3.63. The molecule has 0 unspecified atom stereocenters. The fraction of sp³-hybridized carbons (Fsp3) is 0.0526. The molecule has 1 heterocycles. The van der Waals surface area contributed by atoms with Crippen molar-refractivity contribution >= 4 is 62.4 Å². The van der Waals surface area contributed by atoms with Gasteiger partial charge in [0.1, 0.15) is 6.61 Å². The van der Waals surface area contributed by atoms with Crippen LogP contribution in [0.4, 0.5) is 5.69 Å². The number of nitrogens with one attached hydrogen (secondary N) is 1. The first-order valence-electron chi connectivity index (χ1n) is 7.95. The molecule has 1 N–H and O–H groups in total. The Morgan fingerprint density at radius 1 is 1.31 bits per heavy atom. The molecular weight excluding hydrogens is 437 g/mol. The molecule has 0 saturated heterocycles. The van der Waals surface area contributed by atoms with Gasteiger partial charge in [-0.25, -0.2) is 5.43 Å². The van der Waals surface area contributed by atoms with Crippen LogP contribution in [0.1, 0.15) is 15.2 Å². The number of hydrazone groups is 1. The molecule has 146 valence electrons. The van der Waals surface area contributed by atoms with Crippen LogP contribution in [0.2, 0.25) is 10.0 Å². The van der Waals surface area contributed by atoms with Crippen molar-refractivity contribution in [3.63, 3.8) is 0 Å². The van der Waals surface area contributed by atoms with Gasteiger partial charge in [-0.1, -0.05) is 29.1 Å². The SMILES string of the molecule is C#CCOc1c(Cl)cc(C=NNC(=O)c2cc3cc([N+](=O)[O-])ccc3s2)cc1Cl. The molecule has 0 saturated carbocycles. The lowest BCUT2D eigenvalue weighted by molar-refractivity contribution is -0.384. The first kappa shape index (κ1) is 20.6. The quantitative estimate of drug-likeness (QED) is 0.251. The van der Waals surface area contributed by atoms with Gasteiger partial charge in [0.15, 0.2) is 5.75 Å². The van der Waals surface area contributed by atoms with Gasteiger partial charge in [0.2, 0.25) is 0 Å². The van der Waals surface area contributed by atoms with Gasteiger partial charge < -0.3 is 4.74 Å². The number of amides is 1. The number of rotatable bonds is 6. The first-order chi connectivity index (χ1) is 13.9. The van der Waals surface area contributed by atoms with E-state index in [4.69, 9.17) is 34.4 Å². The van der Waals surface area contributed by atoms with Gasteiger partial charge in [-0.05, 0) is 29.8 Å².